The van der Waals surface area contributed by atoms with Crippen LogP contribution in [0.3, 0.4) is 0 Å². The quantitative estimate of drug-likeness (QED) is 0.485. The van der Waals surface area contributed by atoms with Gasteiger partial charge in [-0.2, -0.15) is 0 Å². The largest absolute Gasteiger partial charge is 0.366 e. The topological polar surface area (TPSA) is 40.5 Å². The molecule has 0 saturated heterocycles. The van der Waals surface area contributed by atoms with E-state index in [0.717, 1.165) is 6.42 Å². The average molecular weight is 120 g/mol. The smallest absolute Gasteiger partial charge is 0.186 e. The van der Waals surface area contributed by atoms with E-state index >= 15 is 0 Å². The molecule has 0 bridgehead atoms. The summed E-state index contributed by atoms with van der Waals surface area (Å²) in [6.07, 6.45) is -0.403. The van der Waals surface area contributed by atoms with Gasteiger partial charge in [0.1, 0.15) is 0 Å². The van der Waals surface area contributed by atoms with Crippen LogP contribution in [0.4, 0.5) is 4.39 Å². The van der Waals surface area contributed by atoms with Crippen molar-refractivity contribution in [1.82, 2.24) is 0 Å². The highest BCUT2D eigenvalue weighted by Gasteiger charge is 2.43. The summed E-state index contributed by atoms with van der Waals surface area (Å²) in [5, 5.41) is 16.6. The summed E-state index contributed by atoms with van der Waals surface area (Å²) in [5.74, 6) is 0. The van der Waals surface area contributed by atoms with Gasteiger partial charge in [0.25, 0.3) is 0 Å². The minimum absolute atomic E-state index is 0.296. The van der Waals surface area contributed by atoms with Crippen molar-refractivity contribution in [1.29, 1.82) is 0 Å². The standard InChI is InChI=1S/C5H9FO2/c6-5(4(7)8)2-1-3-5/h4,7-8H,1-3H2. The third kappa shape index (κ3) is 0.717. The zero-order valence-electron chi connectivity index (χ0n) is 4.47. The van der Waals surface area contributed by atoms with Gasteiger partial charge in [-0.05, 0) is 19.3 Å². The number of halogens is 1. The highest BCUT2D eigenvalue weighted by atomic mass is 19.1. The molecule has 1 aliphatic rings. The van der Waals surface area contributed by atoms with Crippen LogP contribution in [0.5, 0.6) is 0 Å². The first-order valence-electron chi connectivity index (χ1n) is 2.70. The number of alkyl halides is 1. The molecule has 0 aromatic rings. The second-order valence-corrected chi connectivity index (χ2v) is 2.26. The Labute approximate surface area is 46.9 Å². The van der Waals surface area contributed by atoms with Crippen LogP contribution in [0.15, 0.2) is 0 Å². The molecule has 1 saturated carbocycles. The Kier molecular flexibility index (Phi) is 1.25. The normalized spacial score (nSPS) is 25.5. The van der Waals surface area contributed by atoms with Crippen LogP contribution in [0.25, 0.3) is 0 Å². The molecule has 0 amide bonds. The highest BCUT2D eigenvalue weighted by Crippen LogP contribution is 2.37. The van der Waals surface area contributed by atoms with Gasteiger partial charge in [-0.15, -0.1) is 0 Å². The van der Waals surface area contributed by atoms with Crippen LogP contribution in [-0.4, -0.2) is 22.2 Å². The number of hydrogen-bond acceptors (Lipinski definition) is 2. The maximum Gasteiger partial charge on any atom is 0.186 e. The summed E-state index contributed by atoms with van der Waals surface area (Å²) in [6.45, 7) is 0. The number of aliphatic hydroxyl groups is 2. The first-order chi connectivity index (χ1) is 3.65. The van der Waals surface area contributed by atoms with Crippen molar-refractivity contribution in [2.45, 2.75) is 31.2 Å². The molecule has 1 aliphatic carbocycles. The first kappa shape index (κ1) is 5.98. The number of rotatable bonds is 1. The Morgan fingerprint density at radius 3 is 1.88 bits per heavy atom. The fourth-order valence-corrected chi connectivity index (χ4v) is 0.773. The van der Waals surface area contributed by atoms with E-state index < -0.39 is 12.0 Å². The molecule has 0 atom stereocenters. The van der Waals surface area contributed by atoms with E-state index in [0.29, 0.717) is 12.8 Å². The zero-order chi connectivity index (χ0) is 6.20. The second-order valence-electron chi connectivity index (χ2n) is 2.26. The van der Waals surface area contributed by atoms with Crippen molar-refractivity contribution in [3.8, 4) is 0 Å². The molecule has 0 spiro atoms. The molecule has 3 heteroatoms. The molecule has 48 valence electrons. The Bertz CT molecular complexity index is 88.4. The van der Waals surface area contributed by atoms with Gasteiger partial charge < -0.3 is 10.2 Å². The average Bonchev–Trinajstić information content (AvgIpc) is 1.60. The van der Waals surface area contributed by atoms with E-state index in [1.165, 1.54) is 0 Å². The molecular weight excluding hydrogens is 111 g/mol. The van der Waals surface area contributed by atoms with Crippen LogP contribution >= 0.6 is 0 Å². The van der Waals surface area contributed by atoms with Gasteiger partial charge in [0, 0.05) is 0 Å². The number of aliphatic hydroxyl groups excluding tert-OH is 1. The molecule has 2 N–H and O–H groups in total. The van der Waals surface area contributed by atoms with E-state index in [4.69, 9.17) is 10.2 Å². The van der Waals surface area contributed by atoms with Gasteiger partial charge in [-0.25, -0.2) is 4.39 Å². The summed E-state index contributed by atoms with van der Waals surface area (Å²) in [5.41, 5.74) is -1.67. The van der Waals surface area contributed by atoms with Crippen molar-refractivity contribution >= 4 is 0 Å². The molecule has 0 aliphatic heterocycles. The molecule has 8 heavy (non-hydrogen) atoms. The predicted molar refractivity (Wildman–Crippen MR) is 25.9 cm³/mol. The lowest BCUT2D eigenvalue weighted by molar-refractivity contribution is -0.177. The fourth-order valence-electron chi connectivity index (χ4n) is 0.773. The zero-order valence-corrected chi connectivity index (χ0v) is 4.47. The molecule has 0 unspecified atom stereocenters. The van der Waals surface area contributed by atoms with E-state index in [1.54, 1.807) is 0 Å². The van der Waals surface area contributed by atoms with Crippen molar-refractivity contribution in [2.75, 3.05) is 0 Å². The lowest BCUT2D eigenvalue weighted by Gasteiger charge is -2.34. The first-order valence-corrected chi connectivity index (χ1v) is 2.70. The molecular formula is C5H9FO2. The Hall–Kier alpha value is -0.150. The lowest BCUT2D eigenvalue weighted by atomic mass is 9.82. The molecule has 0 aromatic carbocycles. The fraction of sp³-hybridized carbons (Fsp3) is 1.00. The van der Waals surface area contributed by atoms with Gasteiger partial charge in [0.15, 0.2) is 12.0 Å². The highest BCUT2D eigenvalue weighted by molar-refractivity contribution is 4.89. The van der Waals surface area contributed by atoms with Gasteiger partial charge in [-0.3, -0.25) is 0 Å². The maximum absolute atomic E-state index is 12.5. The summed E-state index contributed by atoms with van der Waals surface area (Å²) in [6, 6.07) is 0. The van der Waals surface area contributed by atoms with E-state index in [9.17, 15) is 4.39 Å². The lowest BCUT2D eigenvalue weighted by Crippen LogP contribution is -2.43. The molecule has 0 heterocycles. The molecule has 0 radical (unpaired) electrons. The van der Waals surface area contributed by atoms with Crippen LogP contribution in [-0.2, 0) is 0 Å². The van der Waals surface area contributed by atoms with E-state index in [1.807, 2.05) is 0 Å². The Balaban J connectivity index is 2.41. The SMILES string of the molecule is OC(O)C1(F)CCC1. The van der Waals surface area contributed by atoms with Gasteiger partial charge in [0.2, 0.25) is 0 Å². The third-order valence-corrected chi connectivity index (χ3v) is 1.65. The van der Waals surface area contributed by atoms with Crippen LogP contribution in [0.2, 0.25) is 0 Å². The van der Waals surface area contributed by atoms with Crippen molar-refractivity contribution in [3.05, 3.63) is 0 Å². The third-order valence-electron chi connectivity index (χ3n) is 1.65. The number of hydrogen-bond donors (Lipinski definition) is 2. The predicted octanol–water partition coefficient (Wildman–Crippen LogP) is 0.189. The van der Waals surface area contributed by atoms with Crippen molar-refractivity contribution in [2.24, 2.45) is 0 Å². The van der Waals surface area contributed by atoms with E-state index in [-0.39, 0.29) is 0 Å². The summed E-state index contributed by atoms with van der Waals surface area (Å²) in [4.78, 5) is 0. The molecule has 2 nitrogen and oxygen atoms in total. The van der Waals surface area contributed by atoms with Crippen LogP contribution in [0.1, 0.15) is 19.3 Å². The molecule has 1 rings (SSSR count). The summed E-state index contributed by atoms with van der Waals surface area (Å²) in [7, 11) is 0. The Morgan fingerprint density at radius 2 is 1.88 bits per heavy atom. The van der Waals surface area contributed by atoms with Gasteiger partial charge >= 0.3 is 0 Å². The van der Waals surface area contributed by atoms with E-state index in [2.05, 4.69) is 0 Å². The summed E-state index contributed by atoms with van der Waals surface area (Å²) < 4.78 is 12.5. The molecule has 1 fully saturated rings. The minimum Gasteiger partial charge on any atom is -0.366 e. The monoisotopic (exact) mass is 120 g/mol. The van der Waals surface area contributed by atoms with Crippen LogP contribution in [0, 0.1) is 0 Å². The second kappa shape index (κ2) is 1.67. The Morgan fingerprint density at radius 1 is 1.38 bits per heavy atom. The van der Waals surface area contributed by atoms with Gasteiger partial charge in [0.05, 0.1) is 0 Å². The van der Waals surface area contributed by atoms with Crippen molar-refractivity contribution < 1.29 is 14.6 Å². The maximum atomic E-state index is 12.5. The minimum atomic E-state index is -1.77. The molecule has 0 aromatic heterocycles. The van der Waals surface area contributed by atoms with Crippen molar-refractivity contribution in [3.63, 3.8) is 0 Å². The van der Waals surface area contributed by atoms with Gasteiger partial charge in [-0.1, -0.05) is 0 Å². The van der Waals surface area contributed by atoms with Crippen LogP contribution < -0.4 is 0 Å². The summed E-state index contributed by atoms with van der Waals surface area (Å²) >= 11 is 0.